The Morgan fingerprint density at radius 3 is 2.19 bits per heavy atom. The lowest BCUT2D eigenvalue weighted by Crippen LogP contribution is -2.15. The van der Waals surface area contributed by atoms with Gasteiger partial charge in [-0.1, -0.05) is 54.6 Å². The van der Waals surface area contributed by atoms with Crippen molar-refractivity contribution in [2.45, 2.75) is 4.90 Å². The van der Waals surface area contributed by atoms with Crippen LogP contribution in [0.25, 0.3) is 11.1 Å². The number of nitrogens with one attached hydrogen (secondary N) is 2. The number of sulfonamides is 1. The smallest absolute Gasteiger partial charge is 0.270 e. The van der Waals surface area contributed by atoms with Crippen molar-refractivity contribution >= 4 is 33.3 Å². The average molecular weight is 503 g/mol. The Labute approximate surface area is 208 Å². The molecule has 0 atom stereocenters. The van der Waals surface area contributed by atoms with Crippen LogP contribution in [0.3, 0.4) is 0 Å². The molecule has 9 nitrogen and oxygen atoms in total. The quantitative estimate of drug-likeness (QED) is 0.177. The van der Waals surface area contributed by atoms with Crippen LogP contribution in [0.1, 0.15) is 5.56 Å². The fraction of sp³-hybridized carbons (Fsp3) is 0.0385. The first-order valence-electron chi connectivity index (χ1n) is 10.8. The Morgan fingerprint density at radius 2 is 1.56 bits per heavy atom. The number of hydrogen-bond acceptors (Lipinski definition) is 7. The lowest BCUT2D eigenvalue weighted by molar-refractivity contribution is -0.385. The summed E-state index contributed by atoms with van der Waals surface area (Å²) in [7, 11) is -2.68. The maximum atomic E-state index is 13.1. The summed E-state index contributed by atoms with van der Waals surface area (Å²) in [6.45, 7) is 0. The minimum absolute atomic E-state index is 0.0822. The number of hydrogen-bond donors (Lipinski definition) is 2. The highest BCUT2D eigenvalue weighted by Gasteiger charge is 2.22. The highest BCUT2D eigenvalue weighted by Crippen LogP contribution is 2.29. The van der Waals surface area contributed by atoms with Gasteiger partial charge in [-0.05, 0) is 47.0 Å². The Balaban J connectivity index is 1.56. The van der Waals surface area contributed by atoms with Crippen molar-refractivity contribution in [3.05, 3.63) is 113 Å². The number of rotatable bonds is 9. The zero-order chi connectivity index (χ0) is 25.5. The van der Waals surface area contributed by atoms with Crippen LogP contribution >= 0.6 is 0 Å². The molecule has 0 amide bonds. The summed E-state index contributed by atoms with van der Waals surface area (Å²) in [5.74, 6) is 0.557. The molecule has 0 radical (unpaired) electrons. The summed E-state index contributed by atoms with van der Waals surface area (Å²) >= 11 is 0. The Bertz CT molecular complexity index is 1490. The van der Waals surface area contributed by atoms with Gasteiger partial charge >= 0.3 is 0 Å². The maximum absolute atomic E-state index is 13.1. The van der Waals surface area contributed by atoms with Gasteiger partial charge in [0.2, 0.25) is 0 Å². The lowest BCUT2D eigenvalue weighted by atomic mass is 10.0. The van der Waals surface area contributed by atoms with Crippen LogP contribution in [0, 0.1) is 10.1 Å². The lowest BCUT2D eigenvalue weighted by Gasteiger charge is -2.12. The van der Waals surface area contributed by atoms with Gasteiger partial charge < -0.3 is 4.74 Å². The van der Waals surface area contributed by atoms with Crippen LogP contribution in [0.4, 0.5) is 17.1 Å². The standard InChI is InChI=1S/C26H22N4O5S/c1-35-24-14-11-22(12-15-24)29-36(33,34)26-17-23(30(31)32)13-16-25(26)28-27-18-19-7-9-21(10-8-19)20-5-3-2-4-6-20/h2-18,28-29H,1H3. The van der Waals surface area contributed by atoms with Gasteiger partial charge in [-0.25, -0.2) is 8.42 Å². The molecule has 0 aromatic heterocycles. The monoisotopic (exact) mass is 502 g/mol. The van der Waals surface area contributed by atoms with Crippen molar-refractivity contribution in [3.63, 3.8) is 0 Å². The maximum Gasteiger partial charge on any atom is 0.270 e. The van der Waals surface area contributed by atoms with Crippen molar-refractivity contribution < 1.29 is 18.1 Å². The molecule has 0 bridgehead atoms. The van der Waals surface area contributed by atoms with Crippen LogP contribution in [0.5, 0.6) is 5.75 Å². The van der Waals surface area contributed by atoms with Crippen molar-refractivity contribution in [2.75, 3.05) is 17.3 Å². The molecule has 4 rings (SSSR count). The van der Waals surface area contributed by atoms with Gasteiger partial charge in [-0.3, -0.25) is 20.3 Å². The van der Waals surface area contributed by atoms with E-state index in [-0.39, 0.29) is 22.0 Å². The van der Waals surface area contributed by atoms with E-state index >= 15 is 0 Å². The Morgan fingerprint density at radius 1 is 0.889 bits per heavy atom. The molecule has 4 aromatic rings. The van der Waals surface area contributed by atoms with Crippen molar-refractivity contribution in [1.29, 1.82) is 0 Å². The number of benzene rings is 4. The van der Waals surface area contributed by atoms with Gasteiger partial charge in [0, 0.05) is 17.8 Å². The molecule has 182 valence electrons. The molecule has 0 heterocycles. The molecule has 0 fully saturated rings. The SMILES string of the molecule is COc1ccc(NS(=O)(=O)c2cc([N+](=O)[O-])ccc2NN=Cc2ccc(-c3ccccc3)cc2)cc1. The van der Waals surface area contributed by atoms with Crippen LogP contribution in [-0.4, -0.2) is 26.7 Å². The zero-order valence-corrected chi connectivity index (χ0v) is 20.0. The topological polar surface area (TPSA) is 123 Å². The first kappa shape index (κ1) is 24.4. The fourth-order valence-corrected chi connectivity index (χ4v) is 4.61. The van der Waals surface area contributed by atoms with E-state index in [1.807, 2.05) is 54.6 Å². The minimum atomic E-state index is -4.18. The number of nitro benzene ring substituents is 1. The van der Waals surface area contributed by atoms with E-state index in [4.69, 9.17) is 4.74 Å². The molecule has 10 heteroatoms. The third kappa shape index (κ3) is 5.86. The third-order valence-corrected chi connectivity index (χ3v) is 6.65. The fourth-order valence-electron chi connectivity index (χ4n) is 3.38. The molecule has 36 heavy (non-hydrogen) atoms. The second-order valence-electron chi connectivity index (χ2n) is 7.63. The van der Waals surface area contributed by atoms with E-state index < -0.39 is 14.9 Å². The molecular formula is C26H22N4O5S. The predicted molar refractivity (Wildman–Crippen MR) is 140 cm³/mol. The van der Waals surface area contributed by atoms with E-state index in [0.717, 1.165) is 22.8 Å². The summed E-state index contributed by atoms with van der Waals surface area (Å²) in [6.07, 6.45) is 1.53. The summed E-state index contributed by atoms with van der Waals surface area (Å²) in [4.78, 5) is 10.3. The third-order valence-electron chi connectivity index (χ3n) is 5.22. The normalized spacial score (nSPS) is 11.2. The minimum Gasteiger partial charge on any atom is -0.497 e. The van der Waals surface area contributed by atoms with E-state index in [1.165, 1.54) is 37.6 Å². The molecule has 4 aromatic carbocycles. The van der Waals surface area contributed by atoms with Gasteiger partial charge in [0.15, 0.2) is 0 Å². The Kier molecular flexibility index (Phi) is 7.26. The van der Waals surface area contributed by atoms with Gasteiger partial charge in [0.25, 0.3) is 15.7 Å². The second kappa shape index (κ2) is 10.7. The molecule has 0 saturated heterocycles. The Hall–Kier alpha value is -4.70. The predicted octanol–water partition coefficient (Wildman–Crippen LogP) is 5.52. The summed E-state index contributed by atoms with van der Waals surface area (Å²) in [6, 6.07) is 27.3. The van der Waals surface area contributed by atoms with Crippen molar-refractivity contribution in [1.82, 2.24) is 0 Å². The van der Waals surface area contributed by atoms with Crippen LogP contribution in [0.15, 0.2) is 107 Å². The molecule has 0 aliphatic rings. The highest BCUT2D eigenvalue weighted by atomic mass is 32.2. The van der Waals surface area contributed by atoms with E-state index in [0.29, 0.717) is 5.75 Å². The molecular weight excluding hydrogens is 480 g/mol. The number of non-ortho nitro benzene ring substituents is 1. The molecule has 0 aliphatic heterocycles. The number of hydrazone groups is 1. The average Bonchev–Trinajstić information content (AvgIpc) is 2.90. The first-order chi connectivity index (χ1) is 17.4. The van der Waals surface area contributed by atoms with Crippen LogP contribution in [-0.2, 0) is 10.0 Å². The number of anilines is 2. The first-order valence-corrected chi connectivity index (χ1v) is 12.2. The van der Waals surface area contributed by atoms with Gasteiger partial charge in [0.05, 0.1) is 23.9 Å². The highest BCUT2D eigenvalue weighted by molar-refractivity contribution is 7.92. The summed E-state index contributed by atoms with van der Waals surface area (Å²) in [5.41, 5.74) is 5.60. The van der Waals surface area contributed by atoms with Crippen molar-refractivity contribution in [3.8, 4) is 16.9 Å². The number of nitro groups is 1. The van der Waals surface area contributed by atoms with Gasteiger partial charge in [-0.2, -0.15) is 5.10 Å². The second-order valence-corrected chi connectivity index (χ2v) is 9.28. The van der Waals surface area contributed by atoms with E-state index in [2.05, 4.69) is 15.2 Å². The van der Waals surface area contributed by atoms with Crippen LogP contribution in [0.2, 0.25) is 0 Å². The van der Waals surface area contributed by atoms with Crippen molar-refractivity contribution in [2.24, 2.45) is 5.10 Å². The summed E-state index contributed by atoms with van der Waals surface area (Å²) in [5, 5.41) is 15.4. The molecule has 0 spiro atoms. The number of methoxy groups -OCH3 is 1. The van der Waals surface area contributed by atoms with Crippen LogP contribution < -0.4 is 14.9 Å². The molecule has 2 N–H and O–H groups in total. The van der Waals surface area contributed by atoms with E-state index in [1.54, 1.807) is 12.1 Å². The zero-order valence-electron chi connectivity index (χ0n) is 19.2. The number of ether oxygens (including phenoxy) is 1. The molecule has 0 saturated carbocycles. The van der Waals surface area contributed by atoms with E-state index in [9.17, 15) is 18.5 Å². The molecule has 0 unspecified atom stereocenters. The molecule has 0 aliphatic carbocycles. The largest absolute Gasteiger partial charge is 0.497 e. The number of nitrogens with zero attached hydrogens (tertiary/aromatic N) is 2. The summed E-state index contributed by atoms with van der Waals surface area (Å²) < 4.78 is 33.7. The van der Waals surface area contributed by atoms with Gasteiger partial charge in [0.1, 0.15) is 10.6 Å². The van der Waals surface area contributed by atoms with Gasteiger partial charge in [-0.15, -0.1) is 0 Å².